The Hall–Kier alpha value is -0.610. The van der Waals surface area contributed by atoms with Crippen LogP contribution in [-0.2, 0) is 14.3 Å². The molecule has 3 aliphatic rings. The maximum atomic E-state index is 12.0. The van der Waals surface area contributed by atoms with E-state index in [0.29, 0.717) is 30.7 Å². The molecule has 19 heavy (non-hydrogen) atoms. The van der Waals surface area contributed by atoms with Gasteiger partial charge in [0.2, 0.25) is 0 Å². The maximum absolute atomic E-state index is 12.0. The second-order valence-corrected chi connectivity index (χ2v) is 6.58. The fourth-order valence-electron chi connectivity index (χ4n) is 3.58. The van der Waals surface area contributed by atoms with Gasteiger partial charge in [0.05, 0.1) is 30.8 Å². The Morgan fingerprint density at radius 1 is 1.21 bits per heavy atom. The van der Waals surface area contributed by atoms with E-state index < -0.39 is 0 Å². The van der Waals surface area contributed by atoms with Gasteiger partial charge in [-0.25, -0.2) is 0 Å². The van der Waals surface area contributed by atoms with Gasteiger partial charge in [-0.3, -0.25) is 4.79 Å². The van der Waals surface area contributed by atoms with Crippen molar-refractivity contribution in [3.05, 3.63) is 0 Å². The molecule has 3 rings (SSSR count). The summed E-state index contributed by atoms with van der Waals surface area (Å²) >= 11 is 0. The first-order valence-electron chi connectivity index (χ1n) is 7.63. The van der Waals surface area contributed by atoms with Crippen LogP contribution in [0.2, 0.25) is 0 Å². The molecule has 0 aromatic carbocycles. The van der Waals surface area contributed by atoms with E-state index in [0.717, 1.165) is 38.5 Å². The third-order valence-electron chi connectivity index (χ3n) is 5.03. The van der Waals surface area contributed by atoms with Crippen LogP contribution in [0.1, 0.15) is 45.4 Å². The number of epoxide rings is 1. The molecule has 4 nitrogen and oxygen atoms in total. The summed E-state index contributed by atoms with van der Waals surface area (Å²) in [4.78, 5) is 12.0. The summed E-state index contributed by atoms with van der Waals surface area (Å²) in [6, 6.07) is 0. The standard InChI is InChI=1S/C15H24O4/c1-9-6-10(2-4-12(9)16)8-18-15(17)11-3-5-13-14(7-11)19-13/h9-14,16H,2-8H2,1H3/t9-,10?,11?,12?,13?,14-/m1/s1. The third kappa shape index (κ3) is 3.11. The van der Waals surface area contributed by atoms with Crippen LogP contribution >= 0.6 is 0 Å². The summed E-state index contributed by atoms with van der Waals surface area (Å²) < 4.78 is 10.9. The molecular weight excluding hydrogens is 244 g/mol. The number of carbonyl (C=O) groups is 1. The van der Waals surface area contributed by atoms with Gasteiger partial charge in [-0.1, -0.05) is 6.92 Å². The molecule has 108 valence electrons. The molecule has 6 atom stereocenters. The predicted molar refractivity (Wildman–Crippen MR) is 69.5 cm³/mol. The summed E-state index contributed by atoms with van der Waals surface area (Å²) in [5, 5.41) is 9.69. The van der Waals surface area contributed by atoms with Gasteiger partial charge in [-0.2, -0.15) is 0 Å². The molecule has 1 aliphatic heterocycles. The first-order chi connectivity index (χ1) is 9.13. The number of carbonyl (C=O) groups excluding carboxylic acids is 1. The van der Waals surface area contributed by atoms with Gasteiger partial charge in [0, 0.05) is 0 Å². The van der Waals surface area contributed by atoms with E-state index in [1.54, 1.807) is 0 Å². The van der Waals surface area contributed by atoms with Crippen LogP contribution in [-0.4, -0.2) is 36.0 Å². The largest absolute Gasteiger partial charge is 0.465 e. The van der Waals surface area contributed by atoms with Gasteiger partial charge >= 0.3 is 5.97 Å². The molecule has 0 amide bonds. The van der Waals surface area contributed by atoms with Crippen molar-refractivity contribution in [3.63, 3.8) is 0 Å². The minimum atomic E-state index is -0.172. The highest BCUT2D eigenvalue weighted by molar-refractivity contribution is 5.72. The number of fused-ring (bicyclic) bond motifs is 1. The predicted octanol–water partition coefficient (Wildman–Crippen LogP) is 1.89. The fourth-order valence-corrected chi connectivity index (χ4v) is 3.58. The number of hydrogen-bond donors (Lipinski definition) is 1. The average Bonchev–Trinajstić information content (AvgIpc) is 3.18. The van der Waals surface area contributed by atoms with Crippen LogP contribution in [0.4, 0.5) is 0 Å². The number of rotatable bonds is 3. The van der Waals surface area contributed by atoms with E-state index in [9.17, 15) is 9.90 Å². The molecule has 0 bridgehead atoms. The monoisotopic (exact) mass is 268 g/mol. The summed E-state index contributed by atoms with van der Waals surface area (Å²) in [6.07, 6.45) is 6.14. The second kappa shape index (κ2) is 5.41. The molecule has 0 spiro atoms. The van der Waals surface area contributed by atoms with Crippen molar-refractivity contribution < 1.29 is 19.4 Å². The quantitative estimate of drug-likeness (QED) is 0.627. The SMILES string of the molecule is C[C@@H]1CC(COC(=O)C2CCC3O[C@@H]3C2)CCC1O. The second-order valence-electron chi connectivity index (χ2n) is 6.58. The van der Waals surface area contributed by atoms with Gasteiger partial charge in [0.15, 0.2) is 0 Å². The highest BCUT2D eigenvalue weighted by Crippen LogP contribution is 2.40. The molecule has 2 aliphatic carbocycles. The summed E-state index contributed by atoms with van der Waals surface area (Å²) in [5.74, 6) is 0.770. The van der Waals surface area contributed by atoms with Gasteiger partial charge < -0.3 is 14.6 Å². The van der Waals surface area contributed by atoms with E-state index in [2.05, 4.69) is 6.92 Å². The van der Waals surface area contributed by atoms with Crippen LogP contribution in [0, 0.1) is 17.8 Å². The van der Waals surface area contributed by atoms with E-state index in [-0.39, 0.29) is 18.0 Å². The number of aliphatic hydroxyl groups excluding tert-OH is 1. The zero-order valence-corrected chi connectivity index (χ0v) is 11.6. The summed E-state index contributed by atoms with van der Waals surface area (Å²) in [5.41, 5.74) is 0. The Labute approximate surface area is 114 Å². The molecule has 4 unspecified atom stereocenters. The average molecular weight is 268 g/mol. The lowest BCUT2D eigenvalue weighted by atomic mass is 9.81. The Balaban J connectivity index is 1.40. The van der Waals surface area contributed by atoms with Gasteiger partial charge in [0.1, 0.15) is 0 Å². The van der Waals surface area contributed by atoms with Crippen LogP contribution in [0.25, 0.3) is 0 Å². The minimum absolute atomic E-state index is 0.0345. The highest BCUT2D eigenvalue weighted by atomic mass is 16.6. The lowest BCUT2D eigenvalue weighted by Crippen LogP contribution is -2.31. The zero-order chi connectivity index (χ0) is 13.4. The van der Waals surface area contributed by atoms with Crippen molar-refractivity contribution >= 4 is 5.97 Å². The van der Waals surface area contributed by atoms with Crippen LogP contribution in [0.15, 0.2) is 0 Å². The molecule has 4 heteroatoms. The molecule has 1 N–H and O–H groups in total. The molecule has 0 aromatic heterocycles. The third-order valence-corrected chi connectivity index (χ3v) is 5.03. The Morgan fingerprint density at radius 2 is 2.05 bits per heavy atom. The maximum Gasteiger partial charge on any atom is 0.309 e. The van der Waals surface area contributed by atoms with Gasteiger partial charge in [-0.15, -0.1) is 0 Å². The minimum Gasteiger partial charge on any atom is -0.465 e. The first-order valence-corrected chi connectivity index (χ1v) is 7.63. The normalized spacial score (nSPS) is 45.4. The number of hydrogen-bond acceptors (Lipinski definition) is 4. The fraction of sp³-hybridized carbons (Fsp3) is 0.933. The van der Waals surface area contributed by atoms with Gasteiger partial charge in [-0.05, 0) is 50.4 Å². The lowest BCUT2D eigenvalue weighted by Gasteiger charge is -2.31. The Morgan fingerprint density at radius 3 is 2.79 bits per heavy atom. The topological polar surface area (TPSA) is 59.1 Å². The van der Waals surface area contributed by atoms with Crippen molar-refractivity contribution in [2.75, 3.05) is 6.61 Å². The van der Waals surface area contributed by atoms with Crippen molar-refractivity contribution in [1.82, 2.24) is 0 Å². The molecular formula is C15H24O4. The van der Waals surface area contributed by atoms with E-state index in [1.807, 2.05) is 0 Å². The van der Waals surface area contributed by atoms with Crippen molar-refractivity contribution in [1.29, 1.82) is 0 Å². The first kappa shape index (κ1) is 13.4. The zero-order valence-electron chi connectivity index (χ0n) is 11.6. The van der Waals surface area contributed by atoms with Crippen LogP contribution in [0.5, 0.6) is 0 Å². The van der Waals surface area contributed by atoms with E-state index in [1.165, 1.54) is 0 Å². The van der Waals surface area contributed by atoms with Crippen LogP contribution in [0.3, 0.4) is 0 Å². The Kier molecular flexibility index (Phi) is 3.81. The molecule has 0 radical (unpaired) electrons. The number of aliphatic hydroxyl groups is 1. The van der Waals surface area contributed by atoms with Crippen LogP contribution < -0.4 is 0 Å². The molecule has 0 aromatic rings. The molecule has 3 fully saturated rings. The van der Waals surface area contributed by atoms with E-state index >= 15 is 0 Å². The molecule has 2 saturated carbocycles. The van der Waals surface area contributed by atoms with Gasteiger partial charge in [0.25, 0.3) is 0 Å². The van der Waals surface area contributed by atoms with E-state index in [4.69, 9.17) is 9.47 Å². The highest BCUT2D eigenvalue weighted by Gasteiger charge is 2.46. The number of esters is 1. The Bertz CT molecular complexity index is 343. The lowest BCUT2D eigenvalue weighted by molar-refractivity contribution is -0.151. The molecule has 1 heterocycles. The van der Waals surface area contributed by atoms with Crippen molar-refractivity contribution in [2.24, 2.45) is 17.8 Å². The number of ether oxygens (including phenoxy) is 2. The molecule has 1 saturated heterocycles. The smallest absolute Gasteiger partial charge is 0.309 e. The summed E-state index contributed by atoms with van der Waals surface area (Å²) in [7, 11) is 0. The van der Waals surface area contributed by atoms with Crippen molar-refractivity contribution in [2.45, 2.75) is 63.8 Å². The summed E-state index contributed by atoms with van der Waals surface area (Å²) in [6.45, 7) is 2.60. The van der Waals surface area contributed by atoms with Crippen molar-refractivity contribution in [3.8, 4) is 0 Å².